The van der Waals surface area contributed by atoms with Gasteiger partial charge in [-0.1, -0.05) is 18.2 Å². The van der Waals surface area contributed by atoms with Crippen LogP contribution in [0.2, 0.25) is 0 Å². The first kappa shape index (κ1) is 10.4. The minimum absolute atomic E-state index is 0.466. The van der Waals surface area contributed by atoms with Crippen molar-refractivity contribution in [3.8, 4) is 5.75 Å². The summed E-state index contributed by atoms with van der Waals surface area (Å²) in [5.74, 6) is -0.526. The van der Waals surface area contributed by atoms with E-state index in [1.165, 1.54) is 13.1 Å². The Hall–Kier alpha value is -2.10. The van der Waals surface area contributed by atoms with Crippen LogP contribution in [0.4, 0.5) is 0 Å². The fourth-order valence-electron chi connectivity index (χ4n) is 1.37. The third-order valence-corrected chi connectivity index (χ3v) is 2.23. The molecule has 0 saturated carbocycles. The summed E-state index contributed by atoms with van der Waals surface area (Å²) in [6.45, 7) is 1.48. The first-order valence-electron chi connectivity index (χ1n) is 4.91. The van der Waals surface area contributed by atoms with Gasteiger partial charge in [0.2, 0.25) is 0 Å². The molecule has 82 valence electrons. The zero-order valence-corrected chi connectivity index (χ0v) is 8.75. The Morgan fingerprint density at radius 3 is 2.94 bits per heavy atom. The van der Waals surface area contributed by atoms with Crippen LogP contribution in [0.3, 0.4) is 0 Å². The summed E-state index contributed by atoms with van der Waals surface area (Å²) in [6.07, 6.45) is 0.657. The second-order valence-corrected chi connectivity index (χ2v) is 3.46. The highest BCUT2D eigenvalue weighted by atomic mass is 16.5. The van der Waals surface area contributed by atoms with E-state index in [9.17, 15) is 4.79 Å². The van der Waals surface area contributed by atoms with Crippen LogP contribution < -0.4 is 4.74 Å². The lowest BCUT2D eigenvalue weighted by molar-refractivity contribution is -0.144. The summed E-state index contributed by atoms with van der Waals surface area (Å²) in [6, 6.07) is 9.37. The Labute approximate surface area is 92.5 Å². The highest BCUT2D eigenvalue weighted by Crippen LogP contribution is 2.18. The van der Waals surface area contributed by atoms with Gasteiger partial charge in [0.25, 0.3) is 0 Å². The van der Waals surface area contributed by atoms with E-state index in [1.807, 2.05) is 24.3 Å². The Balaban J connectivity index is 2.29. The molecule has 1 N–H and O–H groups in total. The average Bonchev–Trinajstić information content (AvgIpc) is 2.28. The summed E-state index contributed by atoms with van der Waals surface area (Å²) in [5, 5.41) is 9.64. The van der Waals surface area contributed by atoms with Gasteiger partial charge in [-0.2, -0.15) is 0 Å². The number of hydrogen-bond acceptors (Lipinski definition) is 3. The number of rotatable bonds is 3. The minimum Gasteiger partial charge on any atom is -0.479 e. The van der Waals surface area contributed by atoms with E-state index in [0.717, 1.165) is 10.9 Å². The molecule has 0 aliphatic rings. The number of nitrogens with zero attached hydrogens (tertiary/aromatic N) is 1. The van der Waals surface area contributed by atoms with Crippen LogP contribution in [-0.4, -0.2) is 22.2 Å². The molecule has 1 aromatic carbocycles. The molecular weight excluding hydrogens is 206 g/mol. The lowest BCUT2D eigenvalue weighted by atomic mass is 10.2. The van der Waals surface area contributed by atoms with Crippen molar-refractivity contribution in [2.75, 3.05) is 0 Å². The molecule has 0 aliphatic carbocycles. The zero-order chi connectivity index (χ0) is 11.5. The van der Waals surface area contributed by atoms with E-state index in [-0.39, 0.29) is 0 Å². The number of carboxylic acid groups (broad SMARTS) is 1. The fraction of sp³-hybridized carbons (Fsp3) is 0.167. The van der Waals surface area contributed by atoms with Crippen molar-refractivity contribution in [3.63, 3.8) is 0 Å². The molecule has 1 heterocycles. The monoisotopic (exact) mass is 217 g/mol. The fourth-order valence-corrected chi connectivity index (χ4v) is 1.37. The second kappa shape index (κ2) is 4.18. The summed E-state index contributed by atoms with van der Waals surface area (Å²) >= 11 is 0. The number of pyridine rings is 1. The van der Waals surface area contributed by atoms with Gasteiger partial charge in [0, 0.05) is 5.39 Å². The van der Waals surface area contributed by atoms with E-state index < -0.39 is 12.1 Å². The van der Waals surface area contributed by atoms with Crippen molar-refractivity contribution < 1.29 is 14.6 Å². The van der Waals surface area contributed by atoms with E-state index in [4.69, 9.17) is 9.84 Å². The number of aliphatic carboxylic acids is 1. The van der Waals surface area contributed by atoms with Gasteiger partial charge >= 0.3 is 5.97 Å². The van der Waals surface area contributed by atoms with Crippen molar-refractivity contribution in [2.45, 2.75) is 13.0 Å². The maximum absolute atomic E-state index is 10.6. The number of carboxylic acids is 1. The molecule has 0 radical (unpaired) electrons. The van der Waals surface area contributed by atoms with Gasteiger partial charge < -0.3 is 9.84 Å². The van der Waals surface area contributed by atoms with E-state index >= 15 is 0 Å². The first-order valence-corrected chi connectivity index (χ1v) is 4.91. The molecule has 16 heavy (non-hydrogen) atoms. The molecule has 1 aromatic heterocycles. The Morgan fingerprint density at radius 1 is 1.44 bits per heavy atom. The topological polar surface area (TPSA) is 59.4 Å². The molecule has 4 nitrogen and oxygen atoms in total. The maximum Gasteiger partial charge on any atom is 0.344 e. The standard InChI is InChI=1S/C12H11NO3/c1-8(12(14)15)16-10-6-9-4-2-3-5-11(9)13-7-10/h2-8H,1H3,(H,14,15)/t8-/m0/s1. The molecule has 2 aromatic rings. The van der Waals surface area contributed by atoms with Gasteiger partial charge in [0.05, 0.1) is 11.7 Å². The highest BCUT2D eigenvalue weighted by molar-refractivity contribution is 5.79. The van der Waals surface area contributed by atoms with Gasteiger partial charge in [-0.25, -0.2) is 4.79 Å². The van der Waals surface area contributed by atoms with Crippen molar-refractivity contribution >= 4 is 16.9 Å². The van der Waals surface area contributed by atoms with Crippen LogP contribution in [0.5, 0.6) is 5.75 Å². The molecule has 0 amide bonds. The number of fused-ring (bicyclic) bond motifs is 1. The average molecular weight is 217 g/mol. The molecule has 0 bridgehead atoms. The maximum atomic E-state index is 10.6. The second-order valence-electron chi connectivity index (χ2n) is 3.46. The summed E-state index contributed by atoms with van der Waals surface area (Å²) in [4.78, 5) is 14.8. The normalized spacial score (nSPS) is 12.3. The summed E-state index contributed by atoms with van der Waals surface area (Å²) in [5.41, 5.74) is 0.859. The van der Waals surface area contributed by atoms with Crippen molar-refractivity contribution in [2.24, 2.45) is 0 Å². The molecule has 0 saturated heterocycles. The van der Waals surface area contributed by atoms with Crippen molar-refractivity contribution in [3.05, 3.63) is 36.5 Å². The highest BCUT2D eigenvalue weighted by Gasteiger charge is 2.12. The van der Waals surface area contributed by atoms with Gasteiger partial charge in [-0.15, -0.1) is 0 Å². The van der Waals surface area contributed by atoms with Gasteiger partial charge in [0.1, 0.15) is 5.75 Å². The summed E-state index contributed by atoms with van der Waals surface area (Å²) < 4.78 is 5.22. The Morgan fingerprint density at radius 2 is 2.19 bits per heavy atom. The molecule has 2 rings (SSSR count). The third kappa shape index (κ3) is 2.11. The number of para-hydroxylation sites is 1. The molecular formula is C12H11NO3. The Kier molecular flexibility index (Phi) is 2.72. The molecule has 0 aliphatic heterocycles. The predicted molar refractivity (Wildman–Crippen MR) is 59.5 cm³/mol. The van der Waals surface area contributed by atoms with Gasteiger partial charge in [-0.3, -0.25) is 4.98 Å². The smallest absolute Gasteiger partial charge is 0.344 e. The summed E-state index contributed by atoms with van der Waals surface area (Å²) in [7, 11) is 0. The number of hydrogen-bond donors (Lipinski definition) is 1. The van der Waals surface area contributed by atoms with Crippen LogP contribution in [0.25, 0.3) is 10.9 Å². The molecule has 4 heteroatoms. The molecule has 0 unspecified atom stereocenters. The first-order chi connectivity index (χ1) is 7.66. The number of benzene rings is 1. The van der Waals surface area contributed by atoms with E-state index in [2.05, 4.69) is 4.98 Å². The van der Waals surface area contributed by atoms with Gasteiger partial charge in [-0.05, 0) is 19.1 Å². The number of ether oxygens (including phenoxy) is 1. The number of carbonyl (C=O) groups is 1. The molecule has 1 atom stereocenters. The van der Waals surface area contributed by atoms with E-state index in [1.54, 1.807) is 6.07 Å². The van der Waals surface area contributed by atoms with E-state index in [0.29, 0.717) is 5.75 Å². The zero-order valence-electron chi connectivity index (χ0n) is 8.75. The predicted octanol–water partition coefficient (Wildman–Crippen LogP) is 2.09. The third-order valence-electron chi connectivity index (χ3n) is 2.23. The molecule has 0 fully saturated rings. The van der Waals surface area contributed by atoms with Crippen LogP contribution in [0.1, 0.15) is 6.92 Å². The number of aromatic nitrogens is 1. The quantitative estimate of drug-likeness (QED) is 0.855. The van der Waals surface area contributed by atoms with Crippen LogP contribution in [-0.2, 0) is 4.79 Å². The lowest BCUT2D eigenvalue weighted by Gasteiger charge is -2.10. The minimum atomic E-state index is -0.992. The van der Waals surface area contributed by atoms with Gasteiger partial charge in [0.15, 0.2) is 6.10 Å². The Bertz CT molecular complexity index is 524. The van der Waals surface area contributed by atoms with Crippen molar-refractivity contribution in [1.29, 1.82) is 0 Å². The van der Waals surface area contributed by atoms with Crippen LogP contribution in [0.15, 0.2) is 36.5 Å². The van der Waals surface area contributed by atoms with Crippen molar-refractivity contribution in [1.82, 2.24) is 4.98 Å². The largest absolute Gasteiger partial charge is 0.479 e. The molecule has 0 spiro atoms. The van der Waals surface area contributed by atoms with Crippen LogP contribution >= 0.6 is 0 Å². The van der Waals surface area contributed by atoms with Crippen LogP contribution in [0, 0.1) is 0 Å². The lowest BCUT2D eigenvalue weighted by Crippen LogP contribution is -2.22. The SMILES string of the molecule is C[C@H](Oc1cnc2ccccc2c1)C(=O)O.